The lowest BCUT2D eigenvalue weighted by Crippen LogP contribution is -2.32. The van der Waals surface area contributed by atoms with Crippen LogP contribution in [0.25, 0.3) is 11.3 Å². The van der Waals surface area contributed by atoms with Crippen LogP contribution in [0.15, 0.2) is 27.7 Å². The molecule has 1 amide bonds. The van der Waals surface area contributed by atoms with E-state index in [4.69, 9.17) is 22.4 Å². The summed E-state index contributed by atoms with van der Waals surface area (Å²) in [5, 5.41) is 45.9. The lowest BCUT2D eigenvalue weighted by molar-refractivity contribution is -0.730. The molecule has 0 fully saturated rings. The number of carbonyl (C=O) groups excluding carboxylic acids is 1. The van der Waals surface area contributed by atoms with E-state index in [1.165, 1.54) is 32.2 Å². The van der Waals surface area contributed by atoms with Gasteiger partial charge >= 0.3 is 5.97 Å². The summed E-state index contributed by atoms with van der Waals surface area (Å²) in [6.45, 7) is 1.50. The summed E-state index contributed by atoms with van der Waals surface area (Å²) in [6, 6.07) is 7.56. The minimum absolute atomic E-state index is 0.0115. The van der Waals surface area contributed by atoms with Crippen LogP contribution in [0.4, 0.5) is 11.5 Å². The normalized spacial score (nSPS) is 11.3. The highest BCUT2D eigenvalue weighted by Gasteiger charge is 2.30. The number of anilines is 2. The number of rotatable bonds is 6. The van der Waals surface area contributed by atoms with Gasteiger partial charge in [0.25, 0.3) is 5.69 Å². The van der Waals surface area contributed by atoms with Gasteiger partial charge < -0.3 is 25.8 Å². The summed E-state index contributed by atoms with van der Waals surface area (Å²) in [4.78, 5) is 28.0. The number of hydrogen-bond donors (Lipinski definition) is 3. The number of carbonyl (C=O) groups is 2. The number of nitrogens with two attached hydrogens (primary N) is 1. The predicted molar refractivity (Wildman–Crippen MR) is 117 cm³/mol. The molecule has 0 aliphatic carbocycles. The monoisotopic (exact) mass is 499 g/mol. The summed E-state index contributed by atoms with van der Waals surface area (Å²) < 4.78 is 5.66. The number of amides is 1. The van der Waals surface area contributed by atoms with Crippen molar-refractivity contribution < 1.29 is 29.0 Å². The standard InChI is InChI=1S/C20H14ClN7O5S/c1-8(17(29)25-13-5-9(19(30)31)3-4-12(13)21)34-18-11(7-23)14(10(6-22)16(24)26-18)15-20(32)33-27-28(15)2/h3-5,8H,1-2H3,(H4-,24,25,26,27,29,30,31,32). The van der Waals surface area contributed by atoms with Gasteiger partial charge in [0.05, 0.1) is 37.9 Å². The first-order chi connectivity index (χ1) is 16.1. The lowest BCUT2D eigenvalue weighted by Gasteiger charge is -2.15. The Bertz CT molecular complexity index is 1390. The minimum atomic E-state index is -1.20. The number of carboxylic acid groups (broad SMARTS) is 1. The third kappa shape index (κ3) is 4.56. The van der Waals surface area contributed by atoms with Gasteiger partial charge in [-0.25, -0.2) is 9.78 Å². The zero-order valence-corrected chi connectivity index (χ0v) is 19.1. The predicted octanol–water partition coefficient (Wildman–Crippen LogP) is 1.43. The third-order valence-electron chi connectivity index (χ3n) is 4.54. The van der Waals surface area contributed by atoms with Gasteiger partial charge in [-0.2, -0.15) is 10.5 Å². The number of thioether (sulfide) groups is 1. The molecule has 1 atom stereocenters. The Labute approximate surface area is 201 Å². The highest BCUT2D eigenvalue weighted by Crippen LogP contribution is 2.38. The molecule has 0 saturated carbocycles. The third-order valence-corrected chi connectivity index (χ3v) is 5.96. The first-order valence-electron chi connectivity index (χ1n) is 9.26. The van der Waals surface area contributed by atoms with Crippen molar-refractivity contribution in [3.63, 3.8) is 0 Å². The van der Waals surface area contributed by atoms with Crippen LogP contribution in [0.1, 0.15) is 28.4 Å². The second-order valence-corrected chi connectivity index (χ2v) is 8.47. The number of benzene rings is 1. The molecule has 4 N–H and O–H groups in total. The zero-order chi connectivity index (χ0) is 25.2. The number of nitrogen functional groups attached to an aromatic ring is 1. The summed E-state index contributed by atoms with van der Waals surface area (Å²) in [5.74, 6) is -2.93. The van der Waals surface area contributed by atoms with Crippen molar-refractivity contribution in [1.82, 2.24) is 10.3 Å². The molecule has 0 aliphatic rings. The Morgan fingerprint density at radius 1 is 1.35 bits per heavy atom. The first kappa shape index (κ1) is 24.3. The number of carboxylic acids is 1. The Morgan fingerprint density at radius 2 is 2.03 bits per heavy atom. The molecule has 2 heterocycles. The van der Waals surface area contributed by atoms with Crippen molar-refractivity contribution in [2.75, 3.05) is 11.1 Å². The number of hydrogen-bond acceptors (Lipinski definition) is 10. The number of aromatic nitrogens is 3. The van der Waals surface area contributed by atoms with Gasteiger partial charge in [0.1, 0.15) is 28.5 Å². The number of nitrogens with zero attached hydrogens (tertiary/aromatic N) is 5. The average Bonchev–Trinajstić information content (AvgIpc) is 3.12. The topological polar surface area (TPSA) is 206 Å². The van der Waals surface area contributed by atoms with Gasteiger partial charge in [-0.15, -0.1) is 0 Å². The molecule has 0 radical (unpaired) electrons. The summed E-state index contributed by atoms with van der Waals surface area (Å²) in [7, 11) is 1.39. The Kier molecular flexibility index (Phi) is 6.91. The molecule has 1 aromatic carbocycles. The smallest absolute Gasteiger partial charge is 0.335 e. The average molecular weight is 500 g/mol. The van der Waals surface area contributed by atoms with Gasteiger partial charge in [-0.3, -0.25) is 4.79 Å². The van der Waals surface area contributed by atoms with Crippen LogP contribution in [-0.4, -0.2) is 32.5 Å². The Hall–Kier alpha value is -4.33. The fraction of sp³-hybridized carbons (Fsp3) is 0.150. The van der Waals surface area contributed by atoms with Gasteiger partial charge in [0, 0.05) is 0 Å². The second kappa shape index (κ2) is 9.66. The van der Waals surface area contributed by atoms with Crippen molar-refractivity contribution in [1.29, 1.82) is 10.5 Å². The maximum atomic E-state index is 12.8. The van der Waals surface area contributed by atoms with Crippen LogP contribution in [-0.2, 0) is 11.8 Å². The molecule has 2 aromatic heterocycles. The number of nitriles is 2. The van der Waals surface area contributed by atoms with Crippen molar-refractivity contribution in [3.05, 3.63) is 39.9 Å². The summed E-state index contributed by atoms with van der Waals surface area (Å²) in [5.41, 5.74) is 5.24. The van der Waals surface area contributed by atoms with E-state index in [0.29, 0.717) is 0 Å². The number of nitrogens with one attached hydrogen (secondary N) is 1. The molecule has 34 heavy (non-hydrogen) atoms. The van der Waals surface area contributed by atoms with Gasteiger partial charge in [0.15, 0.2) is 13.0 Å². The SMILES string of the molecule is CC(Sc1nc(N)c(C#N)c(-c2c([O-])on[n+]2C)c1C#N)C(=O)Nc1cc(C(=O)O)ccc1Cl. The van der Waals surface area contributed by atoms with E-state index in [9.17, 15) is 25.2 Å². The molecule has 14 heteroatoms. The van der Waals surface area contributed by atoms with Crippen LogP contribution in [0.2, 0.25) is 5.02 Å². The second-order valence-electron chi connectivity index (χ2n) is 6.73. The molecule has 172 valence electrons. The highest BCUT2D eigenvalue weighted by atomic mass is 35.5. The minimum Gasteiger partial charge on any atom is -0.539 e. The molecular formula is C20H14ClN7O5S. The van der Waals surface area contributed by atoms with E-state index in [1.54, 1.807) is 0 Å². The summed E-state index contributed by atoms with van der Waals surface area (Å²) >= 11 is 6.89. The lowest BCUT2D eigenvalue weighted by atomic mass is 10.0. The maximum Gasteiger partial charge on any atom is 0.335 e. The molecule has 0 aliphatic heterocycles. The van der Waals surface area contributed by atoms with Crippen molar-refractivity contribution in [2.24, 2.45) is 7.05 Å². The van der Waals surface area contributed by atoms with Crippen LogP contribution in [0.5, 0.6) is 5.95 Å². The molecule has 0 bridgehead atoms. The van der Waals surface area contributed by atoms with E-state index in [2.05, 4.69) is 20.1 Å². The van der Waals surface area contributed by atoms with E-state index in [0.717, 1.165) is 16.4 Å². The van der Waals surface area contributed by atoms with Crippen molar-refractivity contribution >= 4 is 46.7 Å². The van der Waals surface area contributed by atoms with Gasteiger partial charge in [-0.05, 0) is 25.1 Å². The van der Waals surface area contributed by atoms with Gasteiger partial charge in [0.2, 0.25) is 5.91 Å². The van der Waals surface area contributed by atoms with Crippen molar-refractivity contribution in [2.45, 2.75) is 17.2 Å². The van der Waals surface area contributed by atoms with Crippen LogP contribution < -0.4 is 20.8 Å². The molecule has 0 saturated heterocycles. The fourth-order valence-electron chi connectivity index (χ4n) is 2.91. The molecule has 12 nitrogen and oxygen atoms in total. The summed E-state index contributed by atoms with van der Waals surface area (Å²) in [6.07, 6.45) is 0. The highest BCUT2D eigenvalue weighted by molar-refractivity contribution is 8.00. The van der Waals surface area contributed by atoms with E-state index >= 15 is 0 Å². The molecule has 0 spiro atoms. The van der Waals surface area contributed by atoms with E-state index in [1.807, 2.05) is 12.1 Å². The fourth-order valence-corrected chi connectivity index (χ4v) is 3.99. The molecule has 1 unspecified atom stereocenters. The zero-order valence-electron chi connectivity index (χ0n) is 17.5. The van der Waals surface area contributed by atoms with E-state index < -0.39 is 23.1 Å². The number of aromatic carboxylic acids is 1. The number of halogens is 1. The number of aryl methyl sites for hydroxylation is 1. The maximum absolute atomic E-state index is 12.8. The van der Waals surface area contributed by atoms with E-state index in [-0.39, 0.29) is 49.5 Å². The molecule has 3 rings (SSSR count). The number of pyridine rings is 1. The first-order valence-corrected chi connectivity index (χ1v) is 10.5. The van der Waals surface area contributed by atoms with Crippen molar-refractivity contribution in [3.8, 4) is 29.3 Å². The quantitative estimate of drug-likeness (QED) is 0.326. The Morgan fingerprint density at radius 3 is 2.59 bits per heavy atom. The molecule has 3 aromatic rings. The van der Waals surface area contributed by atoms with Crippen LogP contribution in [0, 0.1) is 22.7 Å². The molecular weight excluding hydrogens is 486 g/mol. The Balaban J connectivity index is 2.00. The van der Waals surface area contributed by atoms with Crippen LogP contribution >= 0.6 is 23.4 Å². The largest absolute Gasteiger partial charge is 0.539 e. The van der Waals surface area contributed by atoms with Crippen LogP contribution in [0.3, 0.4) is 0 Å². The van der Waals surface area contributed by atoms with Gasteiger partial charge in [-0.1, -0.05) is 28.0 Å².